The van der Waals surface area contributed by atoms with E-state index in [1.54, 1.807) is 17.2 Å². The summed E-state index contributed by atoms with van der Waals surface area (Å²) in [6, 6.07) is 19.4. The van der Waals surface area contributed by atoms with Gasteiger partial charge in [0.05, 0.1) is 27.6 Å². The first-order valence-electron chi connectivity index (χ1n) is 10.3. The molecule has 6 heteroatoms. The number of fused-ring (bicyclic) bond motifs is 1. The Morgan fingerprint density at radius 3 is 2.65 bits per heavy atom. The smallest absolute Gasteiger partial charge is 0.257 e. The lowest BCUT2D eigenvalue weighted by Gasteiger charge is -2.18. The average Bonchev–Trinajstić information content (AvgIpc) is 3.20. The Labute approximate surface area is 190 Å². The summed E-state index contributed by atoms with van der Waals surface area (Å²) in [5, 5.41) is 16.3. The van der Waals surface area contributed by atoms with Crippen molar-refractivity contribution in [2.24, 2.45) is 0 Å². The molecular weight excluding hydrogens is 454 g/mol. The van der Waals surface area contributed by atoms with Crippen LogP contribution in [0.25, 0.3) is 16.5 Å². The predicted octanol–water partition coefficient (Wildman–Crippen LogP) is 5.72. The van der Waals surface area contributed by atoms with Crippen LogP contribution in [0.1, 0.15) is 35.0 Å². The minimum absolute atomic E-state index is 0.0439. The molecule has 158 valence electrons. The van der Waals surface area contributed by atoms with Gasteiger partial charge in [-0.3, -0.25) is 4.79 Å². The first-order chi connectivity index (χ1) is 15.0. The van der Waals surface area contributed by atoms with E-state index in [0.717, 1.165) is 40.6 Å². The molecule has 0 radical (unpaired) electrons. The number of hydrogen-bond donors (Lipinski definition) is 1. The lowest BCUT2D eigenvalue weighted by Crippen LogP contribution is -2.27. The molecule has 1 aromatic heterocycles. The van der Waals surface area contributed by atoms with Crippen molar-refractivity contribution in [3.8, 4) is 11.4 Å². The van der Waals surface area contributed by atoms with Crippen LogP contribution in [0.3, 0.4) is 0 Å². The maximum Gasteiger partial charge on any atom is 0.257 e. The maximum atomic E-state index is 13.3. The molecule has 0 aliphatic heterocycles. The van der Waals surface area contributed by atoms with E-state index < -0.39 is 0 Å². The fraction of sp³-hybridized carbons (Fsp3) is 0.200. The number of hydrogen-bond acceptors (Lipinski definition) is 3. The highest BCUT2D eigenvalue weighted by molar-refractivity contribution is 9.10. The van der Waals surface area contributed by atoms with Gasteiger partial charge in [-0.2, -0.15) is 5.10 Å². The molecule has 5 nitrogen and oxygen atoms in total. The molecule has 0 aliphatic rings. The van der Waals surface area contributed by atoms with Crippen molar-refractivity contribution in [2.75, 3.05) is 7.05 Å². The Morgan fingerprint density at radius 2 is 1.90 bits per heavy atom. The van der Waals surface area contributed by atoms with Gasteiger partial charge in [-0.25, -0.2) is 4.68 Å². The first-order valence-corrected chi connectivity index (χ1v) is 11.1. The van der Waals surface area contributed by atoms with Gasteiger partial charge < -0.3 is 10.0 Å². The molecule has 0 fully saturated rings. The fourth-order valence-corrected chi connectivity index (χ4v) is 4.29. The maximum absolute atomic E-state index is 13.3. The van der Waals surface area contributed by atoms with Crippen molar-refractivity contribution in [2.45, 2.75) is 26.3 Å². The molecule has 0 aliphatic carbocycles. The number of carbonyl (C=O) groups is 1. The molecule has 4 aromatic rings. The molecular formula is C25H24BrN3O2. The van der Waals surface area contributed by atoms with Crippen molar-refractivity contribution in [3.05, 3.63) is 88.2 Å². The van der Waals surface area contributed by atoms with E-state index in [2.05, 4.69) is 28.0 Å². The molecule has 31 heavy (non-hydrogen) atoms. The Bertz CT molecular complexity index is 1230. The summed E-state index contributed by atoms with van der Waals surface area (Å²) in [5.74, 6) is 0.170. The number of aromatic nitrogens is 2. The number of phenolic OH excluding ortho intramolecular Hbond substituents is 1. The van der Waals surface area contributed by atoms with E-state index in [-0.39, 0.29) is 11.7 Å². The SMILES string of the molecule is CCCc1c(C(=O)N(C)Cc2ccc3c(Br)c(O)ccc3c2)cnn1-c1ccccc1. The van der Waals surface area contributed by atoms with Crippen LogP contribution in [-0.2, 0) is 13.0 Å². The van der Waals surface area contributed by atoms with Gasteiger partial charge in [-0.05, 0) is 63.0 Å². The number of nitrogens with zero attached hydrogens (tertiary/aromatic N) is 3. The Morgan fingerprint density at radius 1 is 1.13 bits per heavy atom. The number of amides is 1. The van der Waals surface area contributed by atoms with E-state index in [1.165, 1.54) is 0 Å². The average molecular weight is 478 g/mol. The predicted molar refractivity (Wildman–Crippen MR) is 127 cm³/mol. The van der Waals surface area contributed by atoms with Crippen molar-refractivity contribution in [1.29, 1.82) is 0 Å². The summed E-state index contributed by atoms with van der Waals surface area (Å²) in [5.41, 5.74) is 3.55. The lowest BCUT2D eigenvalue weighted by molar-refractivity contribution is 0.0784. The van der Waals surface area contributed by atoms with Gasteiger partial charge in [-0.1, -0.05) is 49.7 Å². The Hall–Kier alpha value is -3.12. The molecule has 3 aromatic carbocycles. The summed E-state index contributed by atoms with van der Waals surface area (Å²) >= 11 is 3.43. The zero-order valence-electron chi connectivity index (χ0n) is 17.5. The number of rotatable bonds is 6. The third-order valence-corrected chi connectivity index (χ3v) is 6.18. The molecule has 1 amide bonds. The monoisotopic (exact) mass is 477 g/mol. The third kappa shape index (κ3) is 4.21. The molecule has 4 rings (SSSR count). The van der Waals surface area contributed by atoms with Crippen LogP contribution >= 0.6 is 15.9 Å². The van der Waals surface area contributed by atoms with Crippen LogP contribution in [0.15, 0.2) is 71.3 Å². The highest BCUT2D eigenvalue weighted by atomic mass is 79.9. The van der Waals surface area contributed by atoms with Crippen LogP contribution in [-0.4, -0.2) is 32.7 Å². The van der Waals surface area contributed by atoms with Gasteiger partial charge in [0, 0.05) is 13.6 Å². The third-order valence-electron chi connectivity index (χ3n) is 5.35. The number of benzene rings is 3. The Kier molecular flexibility index (Phi) is 6.09. The second-order valence-electron chi connectivity index (χ2n) is 7.62. The zero-order valence-corrected chi connectivity index (χ0v) is 19.1. The van der Waals surface area contributed by atoms with Crippen LogP contribution in [0.5, 0.6) is 5.75 Å². The van der Waals surface area contributed by atoms with E-state index in [1.807, 2.05) is 66.3 Å². The van der Waals surface area contributed by atoms with Gasteiger partial charge in [-0.15, -0.1) is 0 Å². The summed E-state index contributed by atoms with van der Waals surface area (Å²) in [4.78, 5) is 15.0. The quantitative estimate of drug-likeness (QED) is 0.386. The highest BCUT2D eigenvalue weighted by Gasteiger charge is 2.21. The van der Waals surface area contributed by atoms with Gasteiger partial charge >= 0.3 is 0 Å². The summed E-state index contributed by atoms with van der Waals surface area (Å²) in [7, 11) is 1.81. The van der Waals surface area contributed by atoms with Crippen molar-refractivity contribution < 1.29 is 9.90 Å². The number of para-hydroxylation sites is 1. The number of phenols is 1. The lowest BCUT2D eigenvalue weighted by atomic mass is 10.1. The fourth-order valence-electron chi connectivity index (χ4n) is 3.80. The van der Waals surface area contributed by atoms with Gasteiger partial charge in [0.2, 0.25) is 0 Å². The number of halogens is 1. The van der Waals surface area contributed by atoms with E-state index in [0.29, 0.717) is 16.6 Å². The van der Waals surface area contributed by atoms with Crippen LogP contribution < -0.4 is 0 Å². The normalized spacial score (nSPS) is 11.1. The van der Waals surface area contributed by atoms with Gasteiger partial charge in [0.15, 0.2) is 0 Å². The van der Waals surface area contributed by atoms with Crippen molar-refractivity contribution in [3.63, 3.8) is 0 Å². The minimum atomic E-state index is -0.0439. The standard InChI is InChI=1S/C25H24BrN3O2/c1-3-7-22-21(15-27-29(22)19-8-5-4-6-9-19)25(31)28(2)16-17-10-12-20-18(14-17)11-13-23(30)24(20)26/h4-6,8-15,30H,3,7,16H2,1-2H3. The van der Waals surface area contributed by atoms with E-state index >= 15 is 0 Å². The minimum Gasteiger partial charge on any atom is -0.507 e. The van der Waals surface area contributed by atoms with Gasteiger partial charge in [0.1, 0.15) is 5.75 Å². The molecule has 1 heterocycles. The van der Waals surface area contributed by atoms with Crippen molar-refractivity contribution >= 4 is 32.6 Å². The second kappa shape index (κ2) is 8.94. The summed E-state index contributed by atoms with van der Waals surface area (Å²) in [6.07, 6.45) is 3.38. The number of carbonyl (C=O) groups excluding carboxylic acids is 1. The molecule has 1 N–H and O–H groups in total. The molecule has 0 unspecified atom stereocenters. The van der Waals surface area contributed by atoms with Gasteiger partial charge in [0.25, 0.3) is 5.91 Å². The highest BCUT2D eigenvalue weighted by Crippen LogP contribution is 2.32. The first kappa shape index (κ1) is 21.1. The van der Waals surface area contributed by atoms with Crippen LogP contribution in [0.2, 0.25) is 0 Å². The largest absolute Gasteiger partial charge is 0.507 e. The van der Waals surface area contributed by atoms with Crippen LogP contribution in [0.4, 0.5) is 0 Å². The summed E-state index contributed by atoms with van der Waals surface area (Å²) < 4.78 is 2.54. The topological polar surface area (TPSA) is 58.4 Å². The van der Waals surface area contributed by atoms with Crippen LogP contribution in [0, 0.1) is 0 Å². The number of aromatic hydroxyl groups is 1. The molecule has 0 saturated carbocycles. The Balaban J connectivity index is 1.60. The molecule has 0 atom stereocenters. The van der Waals surface area contributed by atoms with Crippen molar-refractivity contribution in [1.82, 2.24) is 14.7 Å². The van der Waals surface area contributed by atoms with E-state index in [4.69, 9.17) is 0 Å². The van der Waals surface area contributed by atoms with E-state index in [9.17, 15) is 9.90 Å². The molecule has 0 saturated heterocycles. The molecule has 0 spiro atoms. The second-order valence-corrected chi connectivity index (χ2v) is 8.41. The summed E-state index contributed by atoms with van der Waals surface area (Å²) in [6.45, 7) is 2.58. The zero-order chi connectivity index (χ0) is 22.0. The molecule has 0 bridgehead atoms.